The fourth-order valence-electron chi connectivity index (χ4n) is 9.15. The van der Waals surface area contributed by atoms with Crippen molar-refractivity contribution in [3.63, 3.8) is 0 Å². The number of unbranched alkanes of at least 4 members (excludes halogenated alkanes) is 2. The molecule has 0 aliphatic rings. The maximum atomic E-state index is 14.8. The van der Waals surface area contributed by atoms with Gasteiger partial charge < -0.3 is 74.5 Å². The Labute approximate surface area is 465 Å². The molecule has 0 saturated heterocycles. The molecule has 0 aliphatic carbocycles. The Kier molecular flexibility index (Phi) is 25.3. The monoisotopic (exact) mass is 1110 g/mol. The molecule has 0 radical (unpaired) electrons. The summed E-state index contributed by atoms with van der Waals surface area (Å²) in [7, 11) is 0. The molecule has 434 valence electrons. The van der Waals surface area contributed by atoms with Gasteiger partial charge in [-0.15, -0.1) is 0 Å². The number of imidazole rings is 2. The summed E-state index contributed by atoms with van der Waals surface area (Å²) in [6.45, 7) is 8.08. The second kappa shape index (κ2) is 32.2. The van der Waals surface area contributed by atoms with Gasteiger partial charge in [-0.2, -0.15) is 0 Å². The number of fused-ring (bicyclic) bond motifs is 1. The number of benzene rings is 2. The zero-order valence-corrected chi connectivity index (χ0v) is 46.1. The number of nitrogens with zero attached hydrogens (tertiary/aromatic N) is 2. The summed E-state index contributed by atoms with van der Waals surface area (Å²) < 4.78 is 0. The van der Waals surface area contributed by atoms with Crippen molar-refractivity contribution in [2.75, 3.05) is 13.1 Å². The zero-order chi connectivity index (χ0) is 58.1. The number of nitrogens with one attached hydrogen (secondary N) is 10. The van der Waals surface area contributed by atoms with Crippen molar-refractivity contribution in [3.8, 4) is 0 Å². The van der Waals surface area contributed by atoms with E-state index >= 15 is 0 Å². The highest BCUT2D eigenvalue weighted by atomic mass is 16.4. The van der Waals surface area contributed by atoms with E-state index in [9.17, 15) is 43.5 Å². The number of carbonyl (C=O) groups is 8. The van der Waals surface area contributed by atoms with Crippen molar-refractivity contribution < 1.29 is 43.5 Å². The Hall–Kier alpha value is -7.96. The minimum Gasteiger partial charge on any atom is -0.480 e. The lowest BCUT2D eigenvalue weighted by molar-refractivity contribution is -0.142. The number of carbonyl (C=O) groups excluding carboxylic acids is 7. The first-order valence-corrected chi connectivity index (χ1v) is 27.4. The number of aromatic nitrogens is 5. The van der Waals surface area contributed by atoms with Gasteiger partial charge in [0.15, 0.2) is 0 Å². The summed E-state index contributed by atoms with van der Waals surface area (Å²) in [5, 5.41) is 30.2. The van der Waals surface area contributed by atoms with E-state index in [1.165, 1.54) is 25.0 Å². The predicted molar refractivity (Wildman–Crippen MR) is 301 cm³/mol. The van der Waals surface area contributed by atoms with Crippen molar-refractivity contribution in [1.82, 2.24) is 62.1 Å². The molecular weight excluding hydrogens is 1030 g/mol. The maximum Gasteiger partial charge on any atom is 0.326 e. The molecule has 0 spiro atoms. The molecule has 0 unspecified atom stereocenters. The third-order valence-electron chi connectivity index (χ3n) is 13.4. The summed E-state index contributed by atoms with van der Waals surface area (Å²) in [5.74, 6) is -6.53. The maximum absolute atomic E-state index is 14.8. The van der Waals surface area contributed by atoms with Crippen LogP contribution in [0.2, 0.25) is 0 Å². The van der Waals surface area contributed by atoms with Gasteiger partial charge in [-0.05, 0) is 87.1 Å². The minimum absolute atomic E-state index is 0.0216. The number of amides is 7. The normalized spacial score (nSPS) is 14.4. The standard InChI is InChI=1S/C56H81N15O9/c1-33(2)22-43(51(74)69-45(53(76)71-48(56(79)80)23-34(3)4)25-36-28-62-41-18-9-8-16-39(36)41)67-52(75)44(24-35-14-6-5-7-15-35)68-55(78)47(27-38-30-61-32-64-38)70-50(73)42(19-11-13-21-58)65-54(77)46(26-37-29-60-31-63-37)66-49(72)40(59)17-10-12-20-57/h5-9,14-16,18,28-34,40,42-48,62H,10-13,17,19-27,57-59H2,1-4H3,(H,60,63)(H,61,64)(H,65,77)(H,66,72)(H,67,75)(H,68,78)(H,69,74)(H,70,73)(H,71,76)(H,79,80)/t40-,42-,43-,44-,45-,46-,47-,48-/m0/s1. The quantitative estimate of drug-likeness (QED) is 0.0252. The van der Waals surface area contributed by atoms with Crippen LogP contribution in [0.3, 0.4) is 0 Å². The number of hydrogen-bond donors (Lipinski definition) is 14. The third kappa shape index (κ3) is 20.4. The molecule has 80 heavy (non-hydrogen) atoms. The fraction of sp³-hybridized carbons (Fsp3) is 0.500. The summed E-state index contributed by atoms with van der Waals surface area (Å²) in [6, 6.07) is 6.37. The summed E-state index contributed by atoms with van der Waals surface area (Å²) in [5.41, 5.74) is 20.7. The summed E-state index contributed by atoms with van der Waals surface area (Å²) in [4.78, 5) is 130. The molecule has 3 aromatic heterocycles. The Bertz CT molecular complexity index is 2750. The highest BCUT2D eigenvalue weighted by Gasteiger charge is 2.36. The smallest absolute Gasteiger partial charge is 0.326 e. The third-order valence-corrected chi connectivity index (χ3v) is 13.4. The number of carboxylic acid groups (broad SMARTS) is 1. The minimum atomic E-state index is -1.38. The molecule has 0 bridgehead atoms. The second-order valence-corrected chi connectivity index (χ2v) is 21.0. The van der Waals surface area contributed by atoms with Gasteiger partial charge >= 0.3 is 5.97 Å². The Balaban J connectivity index is 1.41. The van der Waals surface area contributed by atoms with E-state index in [0.717, 1.165) is 10.9 Å². The number of aromatic amines is 3. The van der Waals surface area contributed by atoms with Crippen LogP contribution in [0.25, 0.3) is 10.9 Å². The van der Waals surface area contributed by atoms with E-state index in [1.54, 1.807) is 36.5 Å². The van der Waals surface area contributed by atoms with Gasteiger partial charge in [0.25, 0.3) is 0 Å². The van der Waals surface area contributed by atoms with E-state index in [2.05, 4.69) is 62.1 Å². The second-order valence-electron chi connectivity index (χ2n) is 21.0. The lowest BCUT2D eigenvalue weighted by atomic mass is 9.99. The van der Waals surface area contributed by atoms with E-state index in [1.807, 2.05) is 52.0 Å². The molecule has 0 saturated carbocycles. The SMILES string of the molecule is CC(C)C[C@H](NC(=O)[C@H](Cc1c[nH]c2ccccc12)NC(=O)[C@H](CC(C)C)NC(=O)[C@H](Cc1ccccc1)NC(=O)[C@H](Cc1cnc[nH]1)NC(=O)[C@H](CCCCN)NC(=O)[C@H](Cc1cnc[nH]1)NC(=O)[C@@H](N)CCCCN)C(=O)O. The van der Waals surface area contributed by atoms with E-state index in [0.29, 0.717) is 67.7 Å². The van der Waals surface area contributed by atoms with Gasteiger partial charge in [0.1, 0.15) is 42.3 Å². The molecule has 5 rings (SSSR count). The lowest BCUT2D eigenvalue weighted by Gasteiger charge is -2.28. The molecule has 0 fully saturated rings. The Morgan fingerprint density at radius 1 is 0.500 bits per heavy atom. The molecule has 0 aliphatic heterocycles. The highest BCUT2D eigenvalue weighted by molar-refractivity contribution is 5.98. The molecule has 2 aromatic carbocycles. The number of hydrogen-bond acceptors (Lipinski definition) is 13. The number of rotatable bonds is 35. The molecular formula is C56H81N15O9. The number of para-hydroxylation sites is 1. The van der Waals surface area contributed by atoms with Crippen LogP contribution in [0.1, 0.15) is 102 Å². The topological polar surface area (TPSA) is 392 Å². The number of aliphatic carboxylic acids is 1. The fourth-order valence-corrected chi connectivity index (χ4v) is 9.15. The zero-order valence-electron chi connectivity index (χ0n) is 46.1. The van der Waals surface area contributed by atoms with Crippen LogP contribution in [0.5, 0.6) is 0 Å². The van der Waals surface area contributed by atoms with Gasteiger partial charge in [-0.3, -0.25) is 33.6 Å². The highest BCUT2D eigenvalue weighted by Crippen LogP contribution is 2.20. The molecule has 7 amide bonds. The van der Waals surface area contributed by atoms with E-state index in [-0.39, 0.29) is 56.8 Å². The van der Waals surface area contributed by atoms with Crippen molar-refractivity contribution in [1.29, 1.82) is 0 Å². The van der Waals surface area contributed by atoms with Crippen LogP contribution in [-0.4, -0.2) is 139 Å². The number of nitrogens with two attached hydrogens (primary N) is 3. The average Bonchev–Trinajstić information content (AvgIpc) is 4.23. The first-order chi connectivity index (χ1) is 38.3. The van der Waals surface area contributed by atoms with Gasteiger partial charge in [-0.25, -0.2) is 14.8 Å². The predicted octanol–water partition coefficient (Wildman–Crippen LogP) is 1.04. The molecule has 5 aromatic rings. The van der Waals surface area contributed by atoms with Crippen molar-refractivity contribution >= 4 is 58.2 Å². The molecule has 24 heteroatoms. The van der Waals surface area contributed by atoms with Gasteiger partial charge in [0, 0.05) is 66.6 Å². The Morgan fingerprint density at radius 3 is 1.46 bits per heavy atom. The van der Waals surface area contributed by atoms with E-state index in [4.69, 9.17) is 17.2 Å². The molecule has 8 atom stereocenters. The Morgan fingerprint density at radius 2 is 0.938 bits per heavy atom. The van der Waals surface area contributed by atoms with Crippen molar-refractivity contribution in [3.05, 3.63) is 108 Å². The van der Waals surface area contributed by atoms with Crippen molar-refractivity contribution in [2.45, 2.75) is 153 Å². The molecule has 17 N–H and O–H groups in total. The average molecular weight is 1110 g/mol. The number of H-pyrrole nitrogens is 3. The van der Waals surface area contributed by atoms with Crippen LogP contribution in [0, 0.1) is 11.8 Å². The molecule has 24 nitrogen and oxygen atoms in total. The van der Waals surface area contributed by atoms with Gasteiger partial charge in [0.2, 0.25) is 41.4 Å². The van der Waals surface area contributed by atoms with Crippen LogP contribution in [0.4, 0.5) is 0 Å². The largest absolute Gasteiger partial charge is 0.480 e. The van der Waals surface area contributed by atoms with Crippen LogP contribution in [0.15, 0.2) is 85.8 Å². The van der Waals surface area contributed by atoms with Gasteiger partial charge in [-0.1, -0.05) is 82.6 Å². The first-order valence-electron chi connectivity index (χ1n) is 27.4. The number of carboxylic acids is 1. The first kappa shape index (κ1) is 62.9. The van der Waals surface area contributed by atoms with Crippen LogP contribution in [-0.2, 0) is 64.0 Å². The summed E-state index contributed by atoms with van der Waals surface area (Å²) in [6.07, 6.45) is 10.1. The van der Waals surface area contributed by atoms with Gasteiger partial charge in [0.05, 0.1) is 18.7 Å². The lowest BCUT2D eigenvalue weighted by Crippen LogP contribution is -2.61. The van der Waals surface area contributed by atoms with Crippen molar-refractivity contribution in [2.24, 2.45) is 29.0 Å². The van der Waals surface area contributed by atoms with E-state index < -0.39 is 95.7 Å². The molecule has 3 heterocycles. The summed E-state index contributed by atoms with van der Waals surface area (Å²) >= 11 is 0. The van der Waals surface area contributed by atoms with Crippen LogP contribution >= 0.6 is 0 Å². The van der Waals surface area contributed by atoms with Crippen LogP contribution < -0.4 is 54.4 Å².